The molecule has 0 aliphatic carbocycles. The Morgan fingerprint density at radius 2 is 2.21 bits per heavy atom. The molecule has 19 heavy (non-hydrogen) atoms. The Balaban J connectivity index is 2.24. The minimum atomic E-state index is -1.18. The van der Waals surface area contributed by atoms with Gasteiger partial charge >= 0.3 is 5.97 Å². The highest BCUT2D eigenvalue weighted by Crippen LogP contribution is 2.26. The van der Waals surface area contributed by atoms with Gasteiger partial charge in [-0.1, -0.05) is 0 Å². The number of hydrogen-bond acceptors (Lipinski definition) is 6. The van der Waals surface area contributed by atoms with Crippen LogP contribution in [-0.2, 0) is 9.53 Å². The minimum absolute atomic E-state index is 0.134. The van der Waals surface area contributed by atoms with Gasteiger partial charge in [0.15, 0.2) is 0 Å². The van der Waals surface area contributed by atoms with Crippen LogP contribution in [0.15, 0.2) is 18.3 Å². The molecule has 2 rings (SSSR count). The van der Waals surface area contributed by atoms with Crippen LogP contribution in [0.25, 0.3) is 0 Å². The summed E-state index contributed by atoms with van der Waals surface area (Å²) in [5, 5.41) is 22.8. The third-order valence-electron chi connectivity index (χ3n) is 3.08. The Morgan fingerprint density at radius 1 is 1.53 bits per heavy atom. The first-order valence-corrected chi connectivity index (χ1v) is 5.73. The van der Waals surface area contributed by atoms with E-state index in [4.69, 9.17) is 4.74 Å². The molecule has 8 nitrogen and oxygen atoms in total. The highest BCUT2D eigenvalue weighted by molar-refractivity contribution is 5.82. The maximum Gasteiger partial charge on any atom is 0.329 e. The van der Waals surface area contributed by atoms with Crippen LogP contribution in [0.3, 0.4) is 0 Å². The average Bonchev–Trinajstić information content (AvgIpc) is 2.40. The molecule has 0 unspecified atom stereocenters. The van der Waals surface area contributed by atoms with Gasteiger partial charge in [-0.3, -0.25) is 10.1 Å². The van der Waals surface area contributed by atoms with Gasteiger partial charge in [-0.25, -0.2) is 9.78 Å². The summed E-state index contributed by atoms with van der Waals surface area (Å²) in [4.78, 5) is 25.5. The number of hydrogen-bond donors (Lipinski definition) is 2. The van der Waals surface area contributed by atoms with Crippen molar-refractivity contribution in [2.45, 2.75) is 18.4 Å². The van der Waals surface area contributed by atoms with Crippen molar-refractivity contribution in [3.63, 3.8) is 0 Å². The molecular weight excluding hydrogens is 254 g/mol. The van der Waals surface area contributed by atoms with Gasteiger partial charge in [0, 0.05) is 38.3 Å². The summed E-state index contributed by atoms with van der Waals surface area (Å²) in [5.41, 5.74) is -1.31. The number of nitrogens with zero attached hydrogens (tertiary/aromatic N) is 2. The molecule has 8 heteroatoms. The number of carboxylic acid groups (broad SMARTS) is 1. The van der Waals surface area contributed by atoms with E-state index >= 15 is 0 Å². The molecule has 0 saturated carbocycles. The van der Waals surface area contributed by atoms with E-state index in [0.717, 1.165) is 0 Å². The molecule has 2 heterocycles. The van der Waals surface area contributed by atoms with Crippen molar-refractivity contribution in [3.8, 4) is 0 Å². The van der Waals surface area contributed by atoms with Crippen molar-refractivity contribution >= 4 is 17.5 Å². The lowest BCUT2D eigenvalue weighted by Gasteiger charge is -2.34. The normalized spacial score (nSPS) is 17.7. The predicted octanol–water partition coefficient (Wildman–Crippen LogP) is 1.04. The Hall–Kier alpha value is -2.22. The number of aromatic nitrogens is 1. The maximum atomic E-state index is 11.4. The topological polar surface area (TPSA) is 115 Å². The summed E-state index contributed by atoms with van der Waals surface area (Å²) in [7, 11) is 0. The lowest BCUT2D eigenvalue weighted by atomic mass is 9.90. The van der Waals surface area contributed by atoms with Crippen molar-refractivity contribution in [2.24, 2.45) is 0 Å². The zero-order valence-electron chi connectivity index (χ0n) is 10.0. The highest BCUT2D eigenvalue weighted by atomic mass is 16.6. The Morgan fingerprint density at radius 3 is 2.79 bits per heavy atom. The van der Waals surface area contributed by atoms with E-state index in [1.807, 2.05) is 0 Å². The number of nitrogens with one attached hydrogen (secondary N) is 1. The SMILES string of the molecule is O=C(O)C1(Nc2cc([N+](=O)[O-])ccn2)CCOCC1. The Bertz CT molecular complexity index is 499. The zero-order valence-corrected chi connectivity index (χ0v) is 10.0. The third-order valence-corrected chi connectivity index (χ3v) is 3.08. The fourth-order valence-electron chi connectivity index (χ4n) is 1.96. The van der Waals surface area contributed by atoms with Gasteiger partial charge in [0.2, 0.25) is 0 Å². The van der Waals surface area contributed by atoms with E-state index in [2.05, 4.69) is 10.3 Å². The van der Waals surface area contributed by atoms with E-state index in [1.165, 1.54) is 18.3 Å². The average molecular weight is 267 g/mol. The van der Waals surface area contributed by atoms with Crippen LogP contribution >= 0.6 is 0 Å². The van der Waals surface area contributed by atoms with E-state index in [1.54, 1.807) is 0 Å². The number of aliphatic carboxylic acids is 1. The Kier molecular flexibility index (Phi) is 3.61. The fourth-order valence-corrected chi connectivity index (χ4v) is 1.96. The number of ether oxygens (including phenoxy) is 1. The number of pyridine rings is 1. The number of carboxylic acids is 1. The van der Waals surface area contributed by atoms with Gasteiger partial charge in [-0.15, -0.1) is 0 Å². The summed E-state index contributed by atoms with van der Waals surface area (Å²) in [6.45, 7) is 0.655. The van der Waals surface area contributed by atoms with Crippen molar-refractivity contribution in [2.75, 3.05) is 18.5 Å². The lowest BCUT2D eigenvalue weighted by molar-refractivity contribution is -0.384. The van der Waals surface area contributed by atoms with Crippen LogP contribution in [0.2, 0.25) is 0 Å². The lowest BCUT2D eigenvalue weighted by Crippen LogP contribution is -2.50. The number of carbonyl (C=O) groups is 1. The highest BCUT2D eigenvalue weighted by Gasteiger charge is 2.40. The van der Waals surface area contributed by atoms with Crippen LogP contribution in [0.5, 0.6) is 0 Å². The molecule has 1 aromatic rings. The van der Waals surface area contributed by atoms with Gasteiger partial charge in [0.1, 0.15) is 11.4 Å². The van der Waals surface area contributed by atoms with Gasteiger partial charge in [0.25, 0.3) is 5.69 Å². The van der Waals surface area contributed by atoms with Crippen molar-refractivity contribution in [1.82, 2.24) is 4.98 Å². The summed E-state index contributed by atoms with van der Waals surface area (Å²) in [6.07, 6.45) is 1.84. The molecule has 0 atom stereocenters. The minimum Gasteiger partial charge on any atom is -0.480 e. The molecule has 0 amide bonds. The van der Waals surface area contributed by atoms with Crippen LogP contribution in [0.4, 0.5) is 11.5 Å². The first-order chi connectivity index (χ1) is 9.03. The second-order valence-corrected chi connectivity index (χ2v) is 4.28. The maximum absolute atomic E-state index is 11.4. The van der Waals surface area contributed by atoms with Gasteiger partial charge in [-0.05, 0) is 0 Å². The summed E-state index contributed by atoms with van der Waals surface area (Å²) in [6, 6.07) is 2.47. The van der Waals surface area contributed by atoms with Crippen LogP contribution in [-0.4, -0.2) is 39.7 Å². The van der Waals surface area contributed by atoms with Gasteiger partial charge in [0.05, 0.1) is 11.0 Å². The molecule has 1 aromatic heterocycles. The largest absolute Gasteiger partial charge is 0.480 e. The molecular formula is C11H13N3O5. The quantitative estimate of drug-likeness (QED) is 0.618. The number of anilines is 1. The van der Waals surface area contributed by atoms with Crippen LogP contribution in [0, 0.1) is 10.1 Å². The fraction of sp³-hybridized carbons (Fsp3) is 0.455. The molecule has 1 fully saturated rings. The molecule has 2 N–H and O–H groups in total. The summed E-state index contributed by atoms with van der Waals surface area (Å²) < 4.78 is 5.14. The first kappa shape index (κ1) is 13.2. The molecule has 1 saturated heterocycles. The number of rotatable bonds is 4. The second-order valence-electron chi connectivity index (χ2n) is 4.28. The Labute approximate surface area is 108 Å². The molecule has 102 valence electrons. The van der Waals surface area contributed by atoms with Crippen LogP contribution in [0.1, 0.15) is 12.8 Å². The van der Waals surface area contributed by atoms with Crippen molar-refractivity contribution in [1.29, 1.82) is 0 Å². The first-order valence-electron chi connectivity index (χ1n) is 5.73. The summed E-state index contributed by atoms with van der Waals surface area (Å²) >= 11 is 0. The molecule has 0 bridgehead atoms. The van der Waals surface area contributed by atoms with E-state index in [-0.39, 0.29) is 24.3 Å². The van der Waals surface area contributed by atoms with E-state index in [0.29, 0.717) is 13.2 Å². The monoisotopic (exact) mass is 267 g/mol. The van der Waals surface area contributed by atoms with E-state index in [9.17, 15) is 20.0 Å². The molecule has 0 radical (unpaired) electrons. The van der Waals surface area contributed by atoms with E-state index < -0.39 is 16.4 Å². The summed E-state index contributed by atoms with van der Waals surface area (Å²) in [5.74, 6) is -0.831. The zero-order chi connectivity index (χ0) is 13.9. The second kappa shape index (κ2) is 5.19. The molecule has 1 aliphatic rings. The van der Waals surface area contributed by atoms with Crippen LogP contribution < -0.4 is 5.32 Å². The standard InChI is InChI=1S/C11H13N3O5/c15-10(16)11(2-5-19-6-3-11)13-9-7-8(14(17)18)1-4-12-9/h1,4,7H,2-3,5-6H2,(H,12,13)(H,15,16). The van der Waals surface area contributed by atoms with Gasteiger partial charge < -0.3 is 15.2 Å². The number of nitro groups is 1. The molecule has 0 spiro atoms. The third kappa shape index (κ3) is 2.79. The smallest absolute Gasteiger partial charge is 0.329 e. The van der Waals surface area contributed by atoms with Crippen molar-refractivity contribution in [3.05, 3.63) is 28.4 Å². The van der Waals surface area contributed by atoms with Gasteiger partial charge in [-0.2, -0.15) is 0 Å². The molecule has 0 aromatic carbocycles. The molecule has 1 aliphatic heterocycles. The predicted molar refractivity (Wildman–Crippen MR) is 64.9 cm³/mol. The van der Waals surface area contributed by atoms with Crippen molar-refractivity contribution < 1.29 is 19.6 Å².